The van der Waals surface area contributed by atoms with Crippen LogP contribution in [0.2, 0.25) is 0 Å². The first-order valence-corrected chi connectivity index (χ1v) is 9.86. The lowest BCUT2D eigenvalue weighted by atomic mass is 9.93. The quantitative estimate of drug-likeness (QED) is 0.383. The number of rotatable bonds is 6. The van der Waals surface area contributed by atoms with Crippen molar-refractivity contribution in [1.29, 1.82) is 0 Å². The summed E-state index contributed by atoms with van der Waals surface area (Å²) in [6.45, 7) is 0.768. The average Bonchev–Trinajstić information content (AvgIpc) is 2.57. The number of hydrogen-bond acceptors (Lipinski definition) is 5. The molecule has 7 nitrogen and oxygen atoms in total. The highest BCUT2D eigenvalue weighted by atomic mass is 79.9. The van der Waals surface area contributed by atoms with E-state index in [-0.39, 0.29) is 18.9 Å². The number of aliphatic hydroxyl groups excluding tert-OH is 1. The fourth-order valence-electron chi connectivity index (χ4n) is 2.53. The van der Waals surface area contributed by atoms with Crippen LogP contribution >= 0.6 is 31.9 Å². The lowest BCUT2D eigenvalue weighted by Gasteiger charge is -2.26. The van der Waals surface area contributed by atoms with Gasteiger partial charge in [-0.15, -0.1) is 0 Å². The number of nitrogens with two attached hydrogens (primary N) is 1. The van der Waals surface area contributed by atoms with Crippen LogP contribution < -0.4 is 11.1 Å². The highest BCUT2D eigenvalue weighted by Crippen LogP contribution is 2.28. The third kappa shape index (κ3) is 8.98. The van der Waals surface area contributed by atoms with Gasteiger partial charge in [0, 0.05) is 21.5 Å². The number of nitrogen functional groups attached to an aromatic ring is 1. The number of aliphatic hydroxyl groups is 1. The highest BCUT2D eigenvalue weighted by Gasteiger charge is 2.19. The molecule has 0 radical (unpaired) electrons. The number of hydrogen-bond donors (Lipinski definition) is 5. The third-order valence-corrected chi connectivity index (χ3v) is 5.12. The summed E-state index contributed by atoms with van der Waals surface area (Å²) < 4.78 is 1.95. The zero-order valence-electron chi connectivity index (χ0n) is 14.3. The first-order chi connectivity index (χ1) is 12.2. The Balaban J connectivity index is 0.000000359. The number of anilines is 1. The molecule has 0 heterocycles. The van der Waals surface area contributed by atoms with Gasteiger partial charge in [-0.25, -0.2) is 0 Å². The number of halogens is 2. The molecule has 0 bridgehead atoms. The maximum atomic E-state index is 9.64. The van der Waals surface area contributed by atoms with Crippen molar-refractivity contribution in [1.82, 2.24) is 5.32 Å². The fraction of sp³-hybridized carbons (Fsp3) is 0.529. The van der Waals surface area contributed by atoms with Crippen LogP contribution in [0.4, 0.5) is 5.69 Å². The maximum absolute atomic E-state index is 9.64. The molecule has 9 heteroatoms. The molecule has 0 saturated heterocycles. The monoisotopic (exact) mass is 494 g/mol. The summed E-state index contributed by atoms with van der Waals surface area (Å²) in [5.74, 6) is -2.15. The van der Waals surface area contributed by atoms with Crippen molar-refractivity contribution in [3.8, 4) is 0 Å². The number of nitrogens with one attached hydrogen (secondary N) is 1. The van der Waals surface area contributed by atoms with Gasteiger partial charge < -0.3 is 26.4 Å². The van der Waals surface area contributed by atoms with E-state index in [0.29, 0.717) is 6.04 Å². The highest BCUT2D eigenvalue weighted by molar-refractivity contribution is 9.11. The molecule has 1 aliphatic rings. The van der Waals surface area contributed by atoms with Crippen LogP contribution in [0, 0.1) is 0 Å². The molecule has 1 aromatic carbocycles. The Kier molecular flexibility index (Phi) is 10.1. The Hall–Kier alpha value is -1.16. The molecule has 146 valence electrons. The molecule has 1 aliphatic carbocycles. The molecule has 1 saturated carbocycles. The van der Waals surface area contributed by atoms with E-state index in [1.807, 2.05) is 12.1 Å². The van der Waals surface area contributed by atoms with Crippen LogP contribution in [0.3, 0.4) is 0 Å². The minimum absolute atomic E-state index is 0.104. The van der Waals surface area contributed by atoms with Crippen LogP contribution in [0.5, 0.6) is 0 Å². The second-order valence-corrected chi connectivity index (χ2v) is 7.90. The van der Waals surface area contributed by atoms with E-state index in [4.69, 9.17) is 15.9 Å². The zero-order valence-corrected chi connectivity index (χ0v) is 17.4. The lowest BCUT2D eigenvalue weighted by Crippen LogP contribution is -2.34. The Morgan fingerprint density at radius 2 is 1.62 bits per heavy atom. The van der Waals surface area contributed by atoms with E-state index in [0.717, 1.165) is 52.4 Å². The van der Waals surface area contributed by atoms with Gasteiger partial charge in [0.05, 0.1) is 24.6 Å². The number of carboxylic acid groups (broad SMARTS) is 2. The molecule has 0 atom stereocenters. The van der Waals surface area contributed by atoms with E-state index < -0.39 is 11.9 Å². The molecule has 1 fully saturated rings. The van der Waals surface area contributed by atoms with E-state index in [9.17, 15) is 14.7 Å². The summed E-state index contributed by atoms with van der Waals surface area (Å²) >= 11 is 6.93. The maximum Gasteiger partial charge on any atom is 0.303 e. The van der Waals surface area contributed by atoms with Crippen molar-refractivity contribution in [2.24, 2.45) is 0 Å². The Labute approximate surface area is 169 Å². The minimum Gasteiger partial charge on any atom is -0.481 e. The van der Waals surface area contributed by atoms with Gasteiger partial charge >= 0.3 is 11.9 Å². The fourth-order valence-corrected chi connectivity index (χ4v) is 3.85. The first-order valence-electron chi connectivity index (χ1n) is 8.27. The summed E-state index contributed by atoms with van der Waals surface area (Å²) in [6, 6.07) is 4.49. The normalized spacial score (nSPS) is 19.3. The number of benzene rings is 1. The van der Waals surface area contributed by atoms with E-state index in [1.165, 1.54) is 0 Å². The molecule has 0 amide bonds. The molecular weight excluding hydrogens is 472 g/mol. The Morgan fingerprint density at radius 1 is 1.08 bits per heavy atom. The van der Waals surface area contributed by atoms with Crippen LogP contribution in [0.15, 0.2) is 21.1 Å². The SMILES string of the molecule is Nc1c(Br)cc(Br)cc1CNC1CCC(O)CC1.O=C(O)CCC(=O)O. The predicted molar refractivity (Wildman–Crippen MR) is 106 cm³/mol. The van der Waals surface area contributed by atoms with Gasteiger partial charge in [-0.3, -0.25) is 9.59 Å². The van der Waals surface area contributed by atoms with Gasteiger partial charge in [0.15, 0.2) is 0 Å². The van der Waals surface area contributed by atoms with Crippen LogP contribution in [-0.2, 0) is 16.1 Å². The van der Waals surface area contributed by atoms with Crippen molar-refractivity contribution in [3.63, 3.8) is 0 Å². The molecule has 0 unspecified atom stereocenters. The van der Waals surface area contributed by atoms with Crippen LogP contribution in [0.25, 0.3) is 0 Å². The predicted octanol–water partition coefficient (Wildman–Crippen LogP) is 3.12. The van der Waals surface area contributed by atoms with Crippen LogP contribution in [-0.4, -0.2) is 39.4 Å². The molecular formula is C17H24Br2N2O5. The standard InChI is InChI=1S/C13H18Br2N2O.C4H6O4/c14-9-5-8(13(16)12(15)6-9)7-17-10-1-3-11(18)4-2-10;5-3(6)1-2-4(7)8/h5-6,10-11,17-18H,1-4,7,16H2;1-2H2,(H,5,6)(H,7,8). The molecule has 1 aromatic rings. The first kappa shape index (κ1) is 22.9. The van der Waals surface area contributed by atoms with E-state index in [2.05, 4.69) is 37.2 Å². The van der Waals surface area contributed by atoms with Crippen LogP contribution in [0.1, 0.15) is 44.1 Å². The summed E-state index contributed by atoms with van der Waals surface area (Å²) in [4.78, 5) is 19.3. The lowest BCUT2D eigenvalue weighted by molar-refractivity contribution is -0.143. The van der Waals surface area contributed by atoms with Gasteiger partial charge in [0.25, 0.3) is 0 Å². The average molecular weight is 496 g/mol. The molecule has 0 aliphatic heterocycles. The molecule has 6 N–H and O–H groups in total. The van der Waals surface area contributed by atoms with Crippen molar-refractivity contribution in [3.05, 3.63) is 26.6 Å². The van der Waals surface area contributed by atoms with Gasteiger partial charge in [-0.2, -0.15) is 0 Å². The Bertz CT molecular complexity index is 605. The van der Waals surface area contributed by atoms with Crippen molar-refractivity contribution >= 4 is 49.5 Å². The molecule has 0 aromatic heterocycles. The third-order valence-electron chi connectivity index (χ3n) is 4.01. The topological polar surface area (TPSA) is 133 Å². The molecule has 2 rings (SSSR count). The largest absolute Gasteiger partial charge is 0.481 e. The zero-order chi connectivity index (χ0) is 19.7. The molecule has 0 spiro atoms. The van der Waals surface area contributed by atoms with E-state index in [1.54, 1.807) is 0 Å². The van der Waals surface area contributed by atoms with Crippen molar-refractivity contribution in [2.75, 3.05) is 5.73 Å². The van der Waals surface area contributed by atoms with Gasteiger partial charge in [0.2, 0.25) is 0 Å². The second-order valence-electron chi connectivity index (χ2n) is 6.13. The minimum atomic E-state index is -1.08. The smallest absolute Gasteiger partial charge is 0.303 e. The van der Waals surface area contributed by atoms with E-state index >= 15 is 0 Å². The number of aliphatic carboxylic acids is 2. The summed E-state index contributed by atoms with van der Waals surface area (Å²) in [5.41, 5.74) is 7.93. The Morgan fingerprint density at radius 3 is 2.12 bits per heavy atom. The summed E-state index contributed by atoms with van der Waals surface area (Å²) in [7, 11) is 0. The van der Waals surface area contributed by atoms with Crippen molar-refractivity contribution < 1.29 is 24.9 Å². The van der Waals surface area contributed by atoms with Crippen molar-refractivity contribution in [2.45, 2.75) is 57.2 Å². The van der Waals surface area contributed by atoms with Gasteiger partial charge in [-0.1, -0.05) is 15.9 Å². The number of carboxylic acids is 2. The summed E-state index contributed by atoms with van der Waals surface area (Å²) in [5, 5.41) is 28.8. The van der Waals surface area contributed by atoms with Gasteiger partial charge in [-0.05, 0) is 59.3 Å². The molecule has 26 heavy (non-hydrogen) atoms. The second kappa shape index (κ2) is 11.5. The number of carbonyl (C=O) groups is 2. The summed E-state index contributed by atoms with van der Waals surface area (Å²) in [6.07, 6.45) is 3.18. The van der Waals surface area contributed by atoms with Gasteiger partial charge in [0.1, 0.15) is 0 Å².